The predicted molar refractivity (Wildman–Crippen MR) is 108 cm³/mol. The van der Waals surface area contributed by atoms with Gasteiger partial charge in [0.1, 0.15) is 18.2 Å². The van der Waals surface area contributed by atoms with Crippen LogP contribution in [0.5, 0.6) is 5.75 Å². The zero-order chi connectivity index (χ0) is 22.2. The lowest BCUT2D eigenvalue weighted by atomic mass is 9.98. The molecule has 0 saturated carbocycles. The van der Waals surface area contributed by atoms with E-state index in [1.807, 2.05) is 38.1 Å². The minimum absolute atomic E-state index is 0.253. The number of aliphatic imine (C=N–C) groups is 1. The quantitative estimate of drug-likeness (QED) is 0.325. The summed E-state index contributed by atoms with van der Waals surface area (Å²) in [4.78, 5) is 7.83. The molecule has 30 heavy (non-hydrogen) atoms. The Morgan fingerprint density at radius 2 is 1.93 bits per heavy atom. The van der Waals surface area contributed by atoms with Crippen molar-refractivity contribution in [2.75, 3.05) is 26.2 Å². The Balaban J connectivity index is 1.94. The third kappa shape index (κ3) is 6.12. The third-order valence-electron chi connectivity index (χ3n) is 4.43. The van der Waals surface area contributed by atoms with E-state index in [0.717, 1.165) is 15.9 Å². The number of imidazole rings is 1. The number of guanidine groups is 1. The zero-order valence-electron chi connectivity index (χ0n) is 17.3. The van der Waals surface area contributed by atoms with Gasteiger partial charge in [-0.05, 0) is 26.0 Å². The summed E-state index contributed by atoms with van der Waals surface area (Å²) >= 11 is 0. The van der Waals surface area contributed by atoms with E-state index in [-0.39, 0.29) is 6.54 Å². The van der Waals surface area contributed by atoms with Gasteiger partial charge in [0.15, 0.2) is 5.96 Å². The van der Waals surface area contributed by atoms with E-state index in [1.165, 1.54) is 19.4 Å². The molecule has 0 fully saturated rings. The van der Waals surface area contributed by atoms with Gasteiger partial charge in [-0.15, -0.1) is 0 Å². The number of aryl methyl sites for hydroxylation is 2. The van der Waals surface area contributed by atoms with Crippen LogP contribution >= 0.6 is 0 Å². The number of hydrogen-bond acceptors (Lipinski definition) is 4. The fraction of sp³-hybridized carbons (Fsp3) is 0.500. The van der Waals surface area contributed by atoms with Crippen LogP contribution < -0.4 is 15.4 Å². The van der Waals surface area contributed by atoms with Gasteiger partial charge < -0.3 is 25.0 Å². The molecule has 0 radical (unpaired) electrons. The molecule has 1 heterocycles. The number of halogens is 3. The van der Waals surface area contributed by atoms with Crippen LogP contribution in [-0.2, 0) is 12.6 Å². The molecule has 0 aliphatic heterocycles. The lowest BCUT2D eigenvalue weighted by Crippen LogP contribution is -2.45. The normalized spacial score (nSPS) is 14.3. The Kier molecular flexibility index (Phi) is 8.10. The van der Waals surface area contributed by atoms with Crippen molar-refractivity contribution in [2.24, 2.45) is 12.0 Å². The third-order valence-corrected chi connectivity index (χ3v) is 4.43. The van der Waals surface area contributed by atoms with Crippen LogP contribution in [0.3, 0.4) is 0 Å². The van der Waals surface area contributed by atoms with Crippen LogP contribution in [-0.4, -0.2) is 53.0 Å². The summed E-state index contributed by atoms with van der Waals surface area (Å²) < 4.78 is 47.4. The maximum atomic E-state index is 13.6. The van der Waals surface area contributed by atoms with Crippen molar-refractivity contribution in [1.82, 2.24) is 20.2 Å². The monoisotopic (exact) mass is 427 g/mol. The van der Waals surface area contributed by atoms with Crippen molar-refractivity contribution in [2.45, 2.75) is 32.0 Å². The van der Waals surface area contributed by atoms with Gasteiger partial charge in [0.2, 0.25) is 5.60 Å². The Morgan fingerprint density at radius 3 is 2.50 bits per heavy atom. The second-order valence-electron chi connectivity index (χ2n) is 6.82. The molecule has 7 nitrogen and oxygen atoms in total. The van der Waals surface area contributed by atoms with Crippen LogP contribution in [0.1, 0.15) is 24.7 Å². The number of nitrogens with one attached hydrogen (secondary N) is 2. The fourth-order valence-corrected chi connectivity index (χ4v) is 2.79. The summed E-state index contributed by atoms with van der Waals surface area (Å²) in [7, 11) is 1.40. The maximum absolute atomic E-state index is 13.6. The SMILES string of the molecule is CCNC(=NCCC(O)(c1nccn1C)C(F)(F)F)NCCOc1ccc(C)cc1. The number of hydrogen-bond donors (Lipinski definition) is 3. The number of nitrogens with zero attached hydrogens (tertiary/aromatic N) is 3. The van der Waals surface area contributed by atoms with E-state index in [4.69, 9.17) is 4.74 Å². The fourth-order valence-electron chi connectivity index (χ4n) is 2.79. The second kappa shape index (κ2) is 10.3. The van der Waals surface area contributed by atoms with Crippen molar-refractivity contribution < 1.29 is 23.0 Å². The summed E-state index contributed by atoms with van der Waals surface area (Å²) in [6.07, 6.45) is -2.96. The molecule has 0 saturated heterocycles. The standard InChI is InChI=1S/C20H28F3N5O2/c1-4-24-18(27-12-14-30-16-7-5-15(2)6-8-16)26-10-9-19(29,20(21,22)23)17-25-11-13-28(17)3/h5-8,11,13,29H,4,9-10,12,14H2,1-3H3,(H2,24,26,27). The largest absolute Gasteiger partial charge is 0.492 e. The van der Waals surface area contributed by atoms with Gasteiger partial charge >= 0.3 is 6.18 Å². The van der Waals surface area contributed by atoms with E-state index in [2.05, 4.69) is 20.6 Å². The van der Waals surface area contributed by atoms with E-state index < -0.39 is 24.0 Å². The van der Waals surface area contributed by atoms with E-state index in [9.17, 15) is 18.3 Å². The van der Waals surface area contributed by atoms with Gasteiger partial charge in [-0.3, -0.25) is 4.99 Å². The highest BCUT2D eigenvalue weighted by atomic mass is 19.4. The summed E-state index contributed by atoms with van der Waals surface area (Å²) in [5.74, 6) is 0.610. The molecule has 0 amide bonds. The number of alkyl halides is 3. The van der Waals surface area contributed by atoms with Gasteiger partial charge in [-0.25, -0.2) is 4.98 Å². The van der Waals surface area contributed by atoms with Crippen molar-refractivity contribution >= 4 is 5.96 Å². The molecule has 0 spiro atoms. The lowest BCUT2D eigenvalue weighted by molar-refractivity contribution is -0.272. The number of aromatic nitrogens is 2. The second-order valence-corrected chi connectivity index (χ2v) is 6.82. The van der Waals surface area contributed by atoms with E-state index in [1.54, 1.807) is 0 Å². The first-order valence-electron chi connectivity index (χ1n) is 9.66. The smallest absolute Gasteiger partial charge is 0.424 e. The highest BCUT2D eigenvalue weighted by molar-refractivity contribution is 5.79. The summed E-state index contributed by atoms with van der Waals surface area (Å²) in [6, 6.07) is 7.61. The summed E-state index contributed by atoms with van der Waals surface area (Å²) in [5.41, 5.74) is -1.95. The van der Waals surface area contributed by atoms with Crippen molar-refractivity contribution in [3.05, 3.63) is 48.0 Å². The highest BCUT2D eigenvalue weighted by Crippen LogP contribution is 2.40. The molecule has 0 bridgehead atoms. The first kappa shape index (κ1) is 23.5. The van der Waals surface area contributed by atoms with Crippen LogP contribution in [0.2, 0.25) is 0 Å². The highest BCUT2D eigenvalue weighted by Gasteiger charge is 2.57. The lowest BCUT2D eigenvalue weighted by Gasteiger charge is -2.29. The minimum atomic E-state index is -4.88. The molecule has 1 aromatic carbocycles. The molecular formula is C20H28F3N5O2. The molecular weight excluding hydrogens is 399 g/mol. The molecule has 3 N–H and O–H groups in total. The van der Waals surface area contributed by atoms with Gasteiger partial charge in [0, 0.05) is 39.0 Å². The Hall–Kier alpha value is -2.75. The maximum Gasteiger partial charge on any atom is 0.424 e. The predicted octanol–water partition coefficient (Wildman–Crippen LogP) is 2.50. The van der Waals surface area contributed by atoms with Crippen molar-refractivity contribution in [3.63, 3.8) is 0 Å². The minimum Gasteiger partial charge on any atom is -0.492 e. The average Bonchev–Trinajstić information content (AvgIpc) is 3.12. The van der Waals surface area contributed by atoms with Gasteiger partial charge in [0.25, 0.3) is 0 Å². The molecule has 1 unspecified atom stereocenters. The topological polar surface area (TPSA) is 83.7 Å². The zero-order valence-corrected chi connectivity index (χ0v) is 17.3. The van der Waals surface area contributed by atoms with Crippen molar-refractivity contribution in [3.8, 4) is 5.75 Å². The Labute approximate surface area is 174 Å². The van der Waals surface area contributed by atoms with E-state index >= 15 is 0 Å². The molecule has 1 atom stereocenters. The van der Waals surface area contributed by atoms with Crippen LogP contribution in [0, 0.1) is 6.92 Å². The average molecular weight is 427 g/mol. The first-order valence-corrected chi connectivity index (χ1v) is 9.66. The van der Waals surface area contributed by atoms with E-state index in [0.29, 0.717) is 25.7 Å². The van der Waals surface area contributed by atoms with Gasteiger partial charge in [-0.1, -0.05) is 17.7 Å². The molecule has 0 aliphatic carbocycles. The van der Waals surface area contributed by atoms with Crippen LogP contribution in [0.15, 0.2) is 41.7 Å². The number of aliphatic hydroxyl groups is 1. The molecule has 1 aromatic heterocycles. The summed E-state index contributed by atoms with van der Waals surface area (Å²) in [6.45, 7) is 4.87. The summed E-state index contributed by atoms with van der Waals surface area (Å²) in [5, 5.41) is 16.3. The molecule has 2 rings (SSSR count). The number of benzene rings is 1. The molecule has 166 valence electrons. The number of ether oxygens (including phenoxy) is 1. The van der Waals surface area contributed by atoms with Gasteiger partial charge in [0.05, 0.1) is 6.54 Å². The van der Waals surface area contributed by atoms with Crippen molar-refractivity contribution in [1.29, 1.82) is 0 Å². The Morgan fingerprint density at radius 1 is 1.23 bits per heavy atom. The number of rotatable bonds is 9. The molecule has 10 heteroatoms. The molecule has 2 aromatic rings. The first-order chi connectivity index (χ1) is 14.2. The van der Waals surface area contributed by atoms with Gasteiger partial charge in [-0.2, -0.15) is 13.2 Å². The van der Waals surface area contributed by atoms with Crippen LogP contribution in [0.25, 0.3) is 0 Å². The molecule has 0 aliphatic rings. The van der Waals surface area contributed by atoms with Crippen LogP contribution in [0.4, 0.5) is 13.2 Å². The Bertz CT molecular complexity index is 821.